The standard InChI is InChI=1S/C11H22O2/c1-8-5-9(2)13-10(8)6-11(3,4)7-12/h8-10,12H,5-7H2,1-4H3. The summed E-state index contributed by atoms with van der Waals surface area (Å²) < 4.78 is 5.80. The van der Waals surface area contributed by atoms with Gasteiger partial charge in [0.15, 0.2) is 0 Å². The largest absolute Gasteiger partial charge is 0.396 e. The topological polar surface area (TPSA) is 29.5 Å². The zero-order chi connectivity index (χ0) is 10.1. The predicted octanol–water partition coefficient (Wildman–Crippen LogP) is 2.21. The quantitative estimate of drug-likeness (QED) is 0.732. The molecule has 2 heteroatoms. The molecular weight excluding hydrogens is 164 g/mol. The second-order valence-electron chi connectivity index (χ2n) is 5.22. The van der Waals surface area contributed by atoms with Gasteiger partial charge in [-0.1, -0.05) is 20.8 Å². The van der Waals surface area contributed by atoms with Crippen LogP contribution in [0, 0.1) is 11.3 Å². The van der Waals surface area contributed by atoms with Crippen LogP contribution < -0.4 is 0 Å². The van der Waals surface area contributed by atoms with Gasteiger partial charge in [0.2, 0.25) is 0 Å². The molecule has 0 aliphatic carbocycles. The Hall–Kier alpha value is -0.0800. The van der Waals surface area contributed by atoms with Gasteiger partial charge < -0.3 is 9.84 Å². The van der Waals surface area contributed by atoms with E-state index in [2.05, 4.69) is 27.7 Å². The van der Waals surface area contributed by atoms with Crippen LogP contribution in [0.4, 0.5) is 0 Å². The number of rotatable bonds is 3. The minimum atomic E-state index is 0.00296. The van der Waals surface area contributed by atoms with Crippen molar-refractivity contribution in [1.29, 1.82) is 0 Å². The summed E-state index contributed by atoms with van der Waals surface area (Å²) >= 11 is 0. The Bertz CT molecular complexity index is 165. The predicted molar refractivity (Wildman–Crippen MR) is 53.6 cm³/mol. The van der Waals surface area contributed by atoms with Crippen molar-refractivity contribution in [2.75, 3.05) is 6.61 Å². The number of aliphatic hydroxyl groups excluding tert-OH is 1. The molecule has 2 nitrogen and oxygen atoms in total. The normalized spacial score (nSPS) is 35.3. The first kappa shape index (κ1) is 11.0. The molecule has 1 N–H and O–H groups in total. The molecule has 1 fully saturated rings. The highest BCUT2D eigenvalue weighted by molar-refractivity contribution is 4.82. The minimum absolute atomic E-state index is 0.00296. The van der Waals surface area contributed by atoms with Crippen LogP contribution in [0.3, 0.4) is 0 Å². The van der Waals surface area contributed by atoms with E-state index in [0.717, 1.165) is 12.8 Å². The van der Waals surface area contributed by atoms with Crippen molar-refractivity contribution >= 4 is 0 Å². The fourth-order valence-electron chi connectivity index (χ4n) is 2.02. The first-order valence-electron chi connectivity index (χ1n) is 5.21. The molecule has 1 aliphatic rings. The smallest absolute Gasteiger partial charge is 0.0611 e. The van der Waals surface area contributed by atoms with E-state index in [1.165, 1.54) is 0 Å². The van der Waals surface area contributed by atoms with Gasteiger partial charge in [-0.15, -0.1) is 0 Å². The van der Waals surface area contributed by atoms with E-state index >= 15 is 0 Å². The van der Waals surface area contributed by atoms with Gasteiger partial charge in [0.25, 0.3) is 0 Å². The summed E-state index contributed by atoms with van der Waals surface area (Å²) in [4.78, 5) is 0. The van der Waals surface area contributed by atoms with E-state index in [4.69, 9.17) is 9.84 Å². The van der Waals surface area contributed by atoms with Crippen molar-refractivity contribution in [3.63, 3.8) is 0 Å². The summed E-state index contributed by atoms with van der Waals surface area (Å²) in [7, 11) is 0. The molecule has 3 unspecified atom stereocenters. The monoisotopic (exact) mass is 186 g/mol. The molecule has 1 saturated heterocycles. The molecule has 0 aromatic rings. The van der Waals surface area contributed by atoms with Gasteiger partial charge >= 0.3 is 0 Å². The highest BCUT2D eigenvalue weighted by atomic mass is 16.5. The number of hydrogen-bond acceptors (Lipinski definition) is 2. The number of hydrogen-bond donors (Lipinski definition) is 1. The van der Waals surface area contributed by atoms with Crippen LogP contribution in [-0.2, 0) is 4.74 Å². The lowest BCUT2D eigenvalue weighted by molar-refractivity contribution is 0.00472. The summed E-state index contributed by atoms with van der Waals surface area (Å²) in [5.41, 5.74) is 0.00296. The summed E-state index contributed by atoms with van der Waals surface area (Å²) in [6.45, 7) is 8.79. The Balaban J connectivity index is 2.45. The first-order chi connectivity index (χ1) is 5.94. The molecule has 0 aromatic heterocycles. The van der Waals surface area contributed by atoms with Crippen LogP contribution in [0.15, 0.2) is 0 Å². The average molecular weight is 186 g/mol. The Kier molecular flexibility index (Phi) is 3.36. The van der Waals surface area contributed by atoms with E-state index in [1.54, 1.807) is 0 Å². The van der Waals surface area contributed by atoms with Crippen molar-refractivity contribution in [1.82, 2.24) is 0 Å². The lowest BCUT2D eigenvalue weighted by Crippen LogP contribution is -2.27. The fourth-order valence-corrected chi connectivity index (χ4v) is 2.02. The molecule has 0 bridgehead atoms. The van der Waals surface area contributed by atoms with Crippen LogP contribution in [-0.4, -0.2) is 23.9 Å². The maximum atomic E-state index is 9.15. The number of ether oxygens (including phenoxy) is 1. The summed E-state index contributed by atoms with van der Waals surface area (Å²) in [6, 6.07) is 0. The van der Waals surface area contributed by atoms with Gasteiger partial charge in [-0.3, -0.25) is 0 Å². The second kappa shape index (κ2) is 3.97. The van der Waals surface area contributed by atoms with Gasteiger partial charge in [-0.05, 0) is 31.1 Å². The van der Waals surface area contributed by atoms with E-state index in [0.29, 0.717) is 18.1 Å². The Morgan fingerprint density at radius 3 is 2.38 bits per heavy atom. The van der Waals surface area contributed by atoms with Crippen molar-refractivity contribution in [3.8, 4) is 0 Å². The zero-order valence-corrected chi connectivity index (χ0v) is 9.21. The van der Waals surface area contributed by atoms with Gasteiger partial charge in [0.1, 0.15) is 0 Å². The molecular formula is C11H22O2. The van der Waals surface area contributed by atoms with E-state index < -0.39 is 0 Å². The molecule has 1 heterocycles. The summed E-state index contributed by atoms with van der Waals surface area (Å²) in [5.74, 6) is 0.640. The van der Waals surface area contributed by atoms with Crippen molar-refractivity contribution < 1.29 is 9.84 Å². The average Bonchev–Trinajstić information content (AvgIpc) is 2.30. The van der Waals surface area contributed by atoms with Crippen LogP contribution in [0.5, 0.6) is 0 Å². The number of aliphatic hydroxyl groups is 1. The lowest BCUT2D eigenvalue weighted by atomic mass is 9.84. The highest BCUT2D eigenvalue weighted by Crippen LogP contribution is 2.34. The molecule has 1 aliphatic heterocycles. The molecule has 78 valence electrons. The molecule has 0 aromatic carbocycles. The SMILES string of the molecule is CC1CC(C)C(CC(C)(C)CO)O1. The zero-order valence-electron chi connectivity index (χ0n) is 9.21. The highest BCUT2D eigenvalue weighted by Gasteiger charge is 2.33. The van der Waals surface area contributed by atoms with E-state index in [-0.39, 0.29) is 12.0 Å². The molecule has 3 atom stereocenters. The van der Waals surface area contributed by atoms with Crippen LogP contribution in [0.25, 0.3) is 0 Å². The Morgan fingerprint density at radius 2 is 2.00 bits per heavy atom. The summed E-state index contributed by atoms with van der Waals surface area (Å²) in [5, 5.41) is 9.15. The third-order valence-electron chi connectivity index (χ3n) is 2.93. The Morgan fingerprint density at radius 1 is 1.38 bits per heavy atom. The second-order valence-corrected chi connectivity index (χ2v) is 5.22. The first-order valence-corrected chi connectivity index (χ1v) is 5.21. The van der Waals surface area contributed by atoms with Crippen molar-refractivity contribution in [2.24, 2.45) is 11.3 Å². The van der Waals surface area contributed by atoms with Crippen LogP contribution in [0.2, 0.25) is 0 Å². The van der Waals surface area contributed by atoms with Crippen LogP contribution >= 0.6 is 0 Å². The molecule has 13 heavy (non-hydrogen) atoms. The third kappa shape index (κ3) is 2.96. The molecule has 0 spiro atoms. The Labute approximate surface area is 81.3 Å². The lowest BCUT2D eigenvalue weighted by Gasteiger charge is -2.27. The summed E-state index contributed by atoms with van der Waals surface area (Å²) in [6.07, 6.45) is 2.87. The maximum Gasteiger partial charge on any atom is 0.0611 e. The van der Waals surface area contributed by atoms with Crippen molar-refractivity contribution in [2.45, 2.75) is 52.7 Å². The van der Waals surface area contributed by atoms with Gasteiger partial charge in [0.05, 0.1) is 12.2 Å². The van der Waals surface area contributed by atoms with Gasteiger partial charge in [0, 0.05) is 6.61 Å². The van der Waals surface area contributed by atoms with Gasteiger partial charge in [-0.2, -0.15) is 0 Å². The molecule has 0 radical (unpaired) electrons. The molecule has 0 amide bonds. The van der Waals surface area contributed by atoms with E-state index in [9.17, 15) is 0 Å². The van der Waals surface area contributed by atoms with Crippen molar-refractivity contribution in [3.05, 3.63) is 0 Å². The third-order valence-corrected chi connectivity index (χ3v) is 2.93. The van der Waals surface area contributed by atoms with E-state index in [1.807, 2.05) is 0 Å². The minimum Gasteiger partial charge on any atom is -0.396 e. The molecule has 1 rings (SSSR count). The molecule has 0 saturated carbocycles. The van der Waals surface area contributed by atoms with Crippen LogP contribution in [0.1, 0.15) is 40.5 Å². The van der Waals surface area contributed by atoms with Gasteiger partial charge in [-0.25, -0.2) is 0 Å². The maximum absolute atomic E-state index is 9.15. The fraction of sp³-hybridized carbons (Fsp3) is 1.00.